The molecule has 0 aromatic rings. The Balaban J connectivity index is 2.80. The average molecular weight is 419 g/mol. The fourth-order valence-electron chi connectivity index (χ4n) is 3.05. The number of hydrogen-bond acceptors (Lipinski definition) is 8. The molecule has 1 heterocycles. The topological polar surface area (TPSA) is 169 Å². The predicted molar refractivity (Wildman–Crippen MR) is 98.8 cm³/mol. The number of ether oxygens (including phenoxy) is 1. The summed E-state index contributed by atoms with van der Waals surface area (Å²) in [5.41, 5.74) is -2.66. The van der Waals surface area contributed by atoms with Crippen molar-refractivity contribution < 1.29 is 39.3 Å². The van der Waals surface area contributed by atoms with Crippen molar-refractivity contribution >= 4 is 18.0 Å². The van der Waals surface area contributed by atoms with Crippen molar-refractivity contribution in [2.75, 3.05) is 19.6 Å². The Bertz CT molecular complexity index is 612. The van der Waals surface area contributed by atoms with Gasteiger partial charge in [0.05, 0.1) is 0 Å². The van der Waals surface area contributed by atoms with Gasteiger partial charge in [-0.1, -0.05) is 0 Å². The molecule has 166 valence electrons. The van der Waals surface area contributed by atoms with Crippen LogP contribution < -0.4 is 5.32 Å². The van der Waals surface area contributed by atoms with Crippen LogP contribution in [0.3, 0.4) is 0 Å². The zero-order chi connectivity index (χ0) is 22.2. The molecule has 29 heavy (non-hydrogen) atoms. The molecule has 0 bridgehead atoms. The number of likely N-dealkylation sites (tertiary alicyclic amines) is 1. The molecule has 12 heteroatoms. The molecule has 1 aliphatic rings. The van der Waals surface area contributed by atoms with Crippen LogP contribution in [-0.2, 0) is 19.2 Å². The van der Waals surface area contributed by atoms with Crippen molar-refractivity contribution in [3.05, 3.63) is 10.1 Å². The van der Waals surface area contributed by atoms with Gasteiger partial charge in [0, 0.05) is 26.1 Å². The van der Waals surface area contributed by atoms with Gasteiger partial charge in [0.1, 0.15) is 17.2 Å². The Hall–Kier alpha value is -2.63. The fourth-order valence-corrected chi connectivity index (χ4v) is 3.05. The monoisotopic (exact) mass is 419 g/mol. The van der Waals surface area contributed by atoms with Crippen LogP contribution in [0, 0.1) is 10.1 Å². The maximum Gasteiger partial charge on any atom is 0.408 e. The molecule has 0 unspecified atom stereocenters. The van der Waals surface area contributed by atoms with E-state index in [2.05, 4.69) is 10.2 Å². The second-order valence-electron chi connectivity index (χ2n) is 8.03. The van der Waals surface area contributed by atoms with Crippen LogP contribution in [0.1, 0.15) is 52.9 Å². The van der Waals surface area contributed by atoms with E-state index in [-0.39, 0.29) is 19.4 Å². The van der Waals surface area contributed by atoms with Gasteiger partial charge >= 0.3 is 18.0 Å². The van der Waals surface area contributed by atoms with Crippen LogP contribution in [0.15, 0.2) is 0 Å². The van der Waals surface area contributed by atoms with Crippen LogP contribution in [0.25, 0.3) is 0 Å². The molecule has 3 N–H and O–H groups in total. The second kappa shape index (κ2) is 10.2. The highest BCUT2D eigenvalue weighted by Gasteiger charge is 2.42. The SMILES string of the molecule is CC(C)(C)OC(=O)N[C@@](CCC(=O)O)(CCN1CCC(O[N+](=O)[O-])CC1)C(=O)O. The minimum atomic E-state index is -1.81. The van der Waals surface area contributed by atoms with Gasteiger partial charge in [-0.05, 0) is 46.5 Å². The van der Waals surface area contributed by atoms with E-state index in [1.165, 1.54) is 0 Å². The van der Waals surface area contributed by atoms with Crippen molar-refractivity contribution in [3.8, 4) is 0 Å². The molecule has 0 radical (unpaired) electrons. The Kier molecular flexibility index (Phi) is 8.61. The Morgan fingerprint density at radius 3 is 2.21 bits per heavy atom. The molecule has 1 aliphatic heterocycles. The number of carbonyl (C=O) groups excluding carboxylic acids is 1. The fraction of sp³-hybridized carbons (Fsp3) is 0.824. The van der Waals surface area contributed by atoms with Crippen LogP contribution in [0.2, 0.25) is 0 Å². The van der Waals surface area contributed by atoms with Crippen molar-refractivity contribution in [2.24, 2.45) is 0 Å². The van der Waals surface area contributed by atoms with Crippen LogP contribution in [-0.4, -0.2) is 75.1 Å². The third kappa shape index (κ3) is 8.94. The number of aliphatic carboxylic acids is 2. The first kappa shape index (κ1) is 24.4. The highest BCUT2D eigenvalue weighted by molar-refractivity contribution is 5.85. The second-order valence-corrected chi connectivity index (χ2v) is 8.03. The number of alkyl carbamates (subject to hydrolysis) is 1. The summed E-state index contributed by atoms with van der Waals surface area (Å²) >= 11 is 0. The molecule has 0 saturated carbocycles. The minimum absolute atomic E-state index is 0.0460. The van der Waals surface area contributed by atoms with Gasteiger partial charge in [-0.3, -0.25) is 4.79 Å². The summed E-state index contributed by atoms with van der Waals surface area (Å²) in [6.07, 6.45) is -1.42. The standard InChI is InChI=1S/C17H29N3O9/c1-16(2,3)28-15(25)18-17(14(23)24,7-4-13(21)22)8-11-19-9-5-12(6-10-19)29-20(26)27/h12H,4-11H2,1-3H3,(H,18,25)(H,21,22)(H,23,24)/t17-/m0/s1. The largest absolute Gasteiger partial charge is 0.481 e. The van der Waals surface area contributed by atoms with E-state index in [0.29, 0.717) is 25.9 Å². The summed E-state index contributed by atoms with van der Waals surface area (Å²) in [6.45, 7) is 6.06. The maximum atomic E-state index is 12.2. The molecule has 0 aliphatic carbocycles. The number of carboxylic acid groups (broad SMARTS) is 2. The molecule has 1 rings (SSSR count). The first-order chi connectivity index (χ1) is 13.3. The van der Waals surface area contributed by atoms with Gasteiger partial charge in [-0.2, -0.15) is 0 Å². The van der Waals surface area contributed by atoms with Gasteiger partial charge < -0.3 is 30.0 Å². The van der Waals surface area contributed by atoms with Crippen LogP contribution in [0.4, 0.5) is 4.79 Å². The molecular weight excluding hydrogens is 390 g/mol. The minimum Gasteiger partial charge on any atom is -0.481 e. The summed E-state index contributed by atoms with van der Waals surface area (Å²) in [4.78, 5) is 52.0. The third-order valence-corrected chi connectivity index (χ3v) is 4.54. The molecule has 0 aromatic heterocycles. The van der Waals surface area contributed by atoms with E-state index in [1.807, 2.05) is 4.90 Å². The lowest BCUT2D eigenvalue weighted by Crippen LogP contribution is -2.57. The molecular formula is C17H29N3O9. The number of amides is 1. The number of hydrogen-bond donors (Lipinski definition) is 3. The molecule has 1 amide bonds. The summed E-state index contributed by atoms with van der Waals surface area (Å²) < 4.78 is 5.14. The summed E-state index contributed by atoms with van der Waals surface area (Å²) in [7, 11) is 0. The van der Waals surface area contributed by atoms with Gasteiger partial charge in [-0.15, -0.1) is 10.1 Å². The normalized spacial score (nSPS) is 17.8. The quantitative estimate of drug-likeness (QED) is 0.346. The Morgan fingerprint density at radius 1 is 1.17 bits per heavy atom. The number of carboxylic acids is 2. The van der Waals surface area contributed by atoms with Crippen molar-refractivity contribution in [1.82, 2.24) is 10.2 Å². The molecule has 1 atom stereocenters. The van der Waals surface area contributed by atoms with E-state index < -0.39 is 46.8 Å². The van der Waals surface area contributed by atoms with E-state index in [1.54, 1.807) is 20.8 Å². The number of piperidine rings is 1. The van der Waals surface area contributed by atoms with Gasteiger partial charge in [-0.25, -0.2) is 9.59 Å². The molecule has 1 fully saturated rings. The van der Waals surface area contributed by atoms with Crippen LogP contribution >= 0.6 is 0 Å². The Labute approximate surface area is 168 Å². The highest BCUT2D eigenvalue weighted by atomic mass is 17.0. The van der Waals surface area contributed by atoms with Gasteiger partial charge in [0.15, 0.2) is 0 Å². The number of nitrogens with zero attached hydrogens (tertiary/aromatic N) is 2. The van der Waals surface area contributed by atoms with Crippen molar-refractivity contribution in [2.45, 2.75) is 70.1 Å². The van der Waals surface area contributed by atoms with E-state index in [4.69, 9.17) is 9.84 Å². The smallest absolute Gasteiger partial charge is 0.408 e. The lowest BCUT2D eigenvalue weighted by molar-refractivity contribution is -0.769. The third-order valence-electron chi connectivity index (χ3n) is 4.54. The number of nitrogens with one attached hydrogen (secondary N) is 1. The highest BCUT2D eigenvalue weighted by Crippen LogP contribution is 2.23. The first-order valence-electron chi connectivity index (χ1n) is 9.33. The molecule has 0 aromatic carbocycles. The van der Waals surface area contributed by atoms with Crippen molar-refractivity contribution in [3.63, 3.8) is 0 Å². The van der Waals surface area contributed by atoms with Gasteiger partial charge in [0.25, 0.3) is 5.09 Å². The average Bonchev–Trinajstić information content (AvgIpc) is 2.56. The lowest BCUT2D eigenvalue weighted by Gasteiger charge is -2.35. The predicted octanol–water partition coefficient (Wildman–Crippen LogP) is 1.26. The Morgan fingerprint density at radius 2 is 1.76 bits per heavy atom. The van der Waals surface area contributed by atoms with Crippen LogP contribution in [0.5, 0.6) is 0 Å². The summed E-state index contributed by atoms with van der Waals surface area (Å²) in [5.74, 6) is -2.53. The molecule has 12 nitrogen and oxygen atoms in total. The summed E-state index contributed by atoms with van der Waals surface area (Å²) in [5, 5.41) is 30.7. The number of carbonyl (C=O) groups is 3. The van der Waals surface area contributed by atoms with E-state index >= 15 is 0 Å². The molecule has 0 spiro atoms. The number of rotatable bonds is 10. The van der Waals surface area contributed by atoms with E-state index in [9.17, 15) is 29.6 Å². The first-order valence-corrected chi connectivity index (χ1v) is 9.33. The van der Waals surface area contributed by atoms with Gasteiger partial charge in [0.2, 0.25) is 0 Å². The lowest BCUT2D eigenvalue weighted by atomic mass is 9.89. The summed E-state index contributed by atoms with van der Waals surface area (Å²) in [6, 6.07) is 0. The zero-order valence-electron chi connectivity index (χ0n) is 16.9. The molecule has 1 saturated heterocycles. The maximum absolute atomic E-state index is 12.2. The zero-order valence-corrected chi connectivity index (χ0v) is 16.9. The van der Waals surface area contributed by atoms with Crippen molar-refractivity contribution in [1.29, 1.82) is 0 Å². The van der Waals surface area contributed by atoms with E-state index in [0.717, 1.165) is 0 Å².